The summed E-state index contributed by atoms with van der Waals surface area (Å²) in [7, 11) is 0. The minimum absolute atomic E-state index is 0.116. The molecule has 1 fully saturated rings. The van der Waals surface area contributed by atoms with E-state index in [4.69, 9.17) is 0 Å². The highest BCUT2D eigenvalue weighted by Crippen LogP contribution is 2.26. The fraction of sp³-hybridized carbons (Fsp3) is 0.571. The van der Waals surface area contributed by atoms with E-state index in [0.29, 0.717) is 0 Å². The van der Waals surface area contributed by atoms with Crippen molar-refractivity contribution in [2.24, 2.45) is 0 Å². The van der Waals surface area contributed by atoms with Crippen LogP contribution in [0.1, 0.15) is 37.7 Å². The summed E-state index contributed by atoms with van der Waals surface area (Å²) in [6.45, 7) is 2.36. The second kappa shape index (κ2) is 6.41. The zero-order valence-electron chi connectivity index (χ0n) is 10.2. The molecule has 94 valence electrons. The summed E-state index contributed by atoms with van der Waals surface area (Å²) in [5.74, 6) is 0. The van der Waals surface area contributed by atoms with Crippen LogP contribution in [-0.2, 0) is 6.61 Å². The van der Waals surface area contributed by atoms with Crippen LogP contribution in [0.5, 0.6) is 0 Å². The highest BCUT2D eigenvalue weighted by atomic mass is 79.9. The predicted octanol–water partition coefficient (Wildman–Crippen LogP) is 3.71. The Morgan fingerprint density at radius 3 is 2.35 bits per heavy atom. The second-order valence-corrected chi connectivity index (χ2v) is 5.60. The van der Waals surface area contributed by atoms with Gasteiger partial charge in [-0.05, 0) is 31.0 Å². The smallest absolute Gasteiger partial charge is 0.0702 e. The van der Waals surface area contributed by atoms with E-state index in [0.717, 1.165) is 23.1 Å². The number of halogens is 1. The van der Waals surface area contributed by atoms with Gasteiger partial charge >= 0.3 is 0 Å². The van der Waals surface area contributed by atoms with Crippen molar-refractivity contribution < 1.29 is 5.11 Å². The maximum absolute atomic E-state index is 9.45. The molecule has 1 aromatic rings. The van der Waals surface area contributed by atoms with Crippen LogP contribution in [-0.4, -0.2) is 18.2 Å². The van der Waals surface area contributed by atoms with E-state index in [9.17, 15) is 5.11 Å². The lowest BCUT2D eigenvalue weighted by Gasteiger charge is -2.28. The Kier molecular flexibility index (Phi) is 4.86. The zero-order valence-corrected chi connectivity index (χ0v) is 11.7. The standard InChI is InChI=1S/C14H20BrNO/c15-13-6-7-14(12(10-13)11-17)16-8-4-2-1-3-5-9-16/h6-7,10,17H,1-5,8-9,11H2. The first kappa shape index (κ1) is 12.9. The second-order valence-electron chi connectivity index (χ2n) is 4.69. The Morgan fingerprint density at radius 1 is 1.06 bits per heavy atom. The molecular weight excluding hydrogens is 278 g/mol. The van der Waals surface area contributed by atoms with Crippen molar-refractivity contribution in [1.82, 2.24) is 0 Å². The summed E-state index contributed by atoms with van der Waals surface area (Å²) in [6, 6.07) is 6.21. The van der Waals surface area contributed by atoms with Gasteiger partial charge in [-0.2, -0.15) is 0 Å². The van der Waals surface area contributed by atoms with Crippen molar-refractivity contribution in [2.45, 2.75) is 38.7 Å². The Hall–Kier alpha value is -0.540. The SMILES string of the molecule is OCc1cc(Br)ccc1N1CCCCCCC1. The molecule has 17 heavy (non-hydrogen) atoms. The predicted molar refractivity (Wildman–Crippen MR) is 75.4 cm³/mol. The molecule has 0 aromatic heterocycles. The lowest BCUT2D eigenvalue weighted by Crippen LogP contribution is -2.27. The molecule has 0 radical (unpaired) electrons. The number of rotatable bonds is 2. The number of benzene rings is 1. The summed E-state index contributed by atoms with van der Waals surface area (Å²) in [5.41, 5.74) is 2.23. The lowest BCUT2D eigenvalue weighted by molar-refractivity contribution is 0.282. The minimum atomic E-state index is 0.116. The van der Waals surface area contributed by atoms with Gasteiger partial charge in [0.25, 0.3) is 0 Å². The molecule has 0 spiro atoms. The van der Waals surface area contributed by atoms with Crippen LogP contribution >= 0.6 is 15.9 Å². The highest BCUT2D eigenvalue weighted by Gasteiger charge is 2.12. The van der Waals surface area contributed by atoms with Crippen molar-refractivity contribution >= 4 is 21.6 Å². The van der Waals surface area contributed by atoms with Gasteiger partial charge in [0.2, 0.25) is 0 Å². The van der Waals surface area contributed by atoms with E-state index in [1.54, 1.807) is 0 Å². The number of hydrogen-bond acceptors (Lipinski definition) is 2. The molecule has 0 aliphatic carbocycles. The third-order valence-corrected chi connectivity index (χ3v) is 3.90. The molecular formula is C14H20BrNO. The Labute approximate surface area is 112 Å². The van der Waals surface area contributed by atoms with Crippen LogP contribution < -0.4 is 4.90 Å². The molecule has 0 saturated carbocycles. The quantitative estimate of drug-likeness (QED) is 0.899. The summed E-state index contributed by atoms with van der Waals surface area (Å²) in [6.07, 6.45) is 6.58. The fourth-order valence-electron chi connectivity index (χ4n) is 2.48. The van der Waals surface area contributed by atoms with Crippen molar-refractivity contribution in [3.05, 3.63) is 28.2 Å². The monoisotopic (exact) mass is 297 g/mol. The Bertz CT molecular complexity index is 359. The van der Waals surface area contributed by atoms with Crippen LogP contribution in [0.3, 0.4) is 0 Å². The Morgan fingerprint density at radius 2 is 1.71 bits per heavy atom. The average Bonchev–Trinajstić information content (AvgIpc) is 2.29. The zero-order chi connectivity index (χ0) is 12.1. The molecule has 3 heteroatoms. The number of aliphatic hydroxyl groups is 1. The van der Waals surface area contributed by atoms with Crippen LogP contribution in [0, 0.1) is 0 Å². The lowest BCUT2D eigenvalue weighted by atomic mass is 10.1. The fourth-order valence-corrected chi connectivity index (χ4v) is 2.89. The van der Waals surface area contributed by atoms with Crippen molar-refractivity contribution in [3.63, 3.8) is 0 Å². The van der Waals surface area contributed by atoms with E-state index in [1.807, 2.05) is 6.07 Å². The van der Waals surface area contributed by atoms with Crippen molar-refractivity contribution in [2.75, 3.05) is 18.0 Å². The molecule has 1 aromatic carbocycles. The van der Waals surface area contributed by atoms with Crippen LogP contribution in [0.4, 0.5) is 5.69 Å². The van der Waals surface area contributed by atoms with Crippen molar-refractivity contribution in [3.8, 4) is 0 Å². The normalized spacial score (nSPS) is 17.6. The third kappa shape index (κ3) is 3.46. The van der Waals surface area contributed by atoms with Crippen molar-refractivity contribution in [1.29, 1.82) is 0 Å². The first-order valence-corrected chi connectivity index (χ1v) is 7.25. The van der Waals surface area contributed by atoms with Gasteiger partial charge in [0.05, 0.1) is 6.61 Å². The van der Waals surface area contributed by atoms with E-state index in [2.05, 4.69) is 33.0 Å². The highest BCUT2D eigenvalue weighted by molar-refractivity contribution is 9.10. The van der Waals surface area contributed by atoms with E-state index < -0.39 is 0 Å². The maximum Gasteiger partial charge on any atom is 0.0702 e. The van der Waals surface area contributed by atoms with Gasteiger partial charge in [-0.15, -0.1) is 0 Å². The van der Waals surface area contributed by atoms with E-state index in [-0.39, 0.29) is 6.61 Å². The maximum atomic E-state index is 9.45. The molecule has 1 aliphatic heterocycles. The van der Waals surface area contributed by atoms with Gasteiger partial charge in [0, 0.05) is 28.8 Å². The number of nitrogens with zero attached hydrogens (tertiary/aromatic N) is 1. The van der Waals surface area contributed by atoms with Gasteiger partial charge in [0.15, 0.2) is 0 Å². The van der Waals surface area contributed by atoms with Gasteiger partial charge in [0.1, 0.15) is 0 Å². The van der Waals surface area contributed by atoms with Gasteiger partial charge < -0.3 is 10.0 Å². The minimum Gasteiger partial charge on any atom is -0.392 e. The number of aliphatic hydroxyl groups excluding tert-OH is 1. The third-order valence-electron chi connectivity index (χ3n) is 3.41. The topological polar surface area (TPSA) is 23.5 Å². The summed E-state index contributed by atoms with van der Waals surface area (Å²) >= 11 is 3.46. The first-order chi connectivity index (χ1) is 8.31. The van der Waals surface area contributed by atoms with E-state index >= 15 is 0 Å². The molecule has 1 aliphatic rings. The van der Waals surface area contributed by atoms with Gasteiger partial charge in [-0.3, -0.25) is 0 Å². The van der Waals surface area contributed by atoms with Crippen LogP contribution in [0.2, 0.25) is 0 Å². The molecule has 0 unspecified atom stereocenters. The molecule has 1 heterocycles. The first-order valence-electron chi connectivity index (χ1n) is 6.45. The molecule has 0 atom stereocenters. The summed E-state index contributed by atoms with van der Waals surface area (Å²) in [4.78, 5) is 2.43. The molecule has 1 N–H and O–H groups in total. The molecule has 2 nitrogen and oxygen atoms in total. The van der Waals surface area contributed by atoms with Crippen LogP contribution in [0.25, 0.3) is 0 Å². The van der Waals surface area contributed by atoms with Crippen LogP contribution in [0.15, 0.2) is 22.7 Å². The molecule has 0 amide bonds. The summed E-state index contributed by atoms with van der Waals surface area (Å²) < 4.78 is 1.04. The van der Waals surface area contributed by atoms with Gasteiger partial charge in [-0.1, -0.05) is 35.2 Å². The van der Waals surface area contributed by atoms with E-state index in [1.165, 1.54) is 37.8 Å². The Balaban J connectivity index is 2.18. The number of anilines is 1. The largest absolute Gasteiger partial charge is 0.392 e. The number of hydrogen-bond donors (Lipinski definition) is 1. The molecule has 0 bridgehead atoms. The van der Waals surface area contributed by atoms with Gasteiger partial charge in [-0.25, -0.2) is 0 Å². The molecule has 1 saturated heterocycles. The summed E-state index contributed by atoms with van der Waals surface area (Å²) in [5, 5.41) is 9.45. The molecule has 2 rings (SSSR count). The average molecular weight is 298 g/mol.